The van der Waals surface area contributed by atoms with Gasteiger partial charge in [0.15, 0.2) is 11.5 Å². The van der Waals surface area contributed by atoms with E-state index in [4.69, 9.17) is 14.7 Å². The number of anilines is 1. The number of ether oxygens (including phenoxy) is 2. The molecule has 2 aliphatic rings. The molecule has 2 amide bonds. The number of amides is 2. The van der Waals surface area contributed by atoms with Gasteiger partial charge in [0.1, 0.15) is 0 Å². The first-order chi connectivity index (χ1) is 15.5. The van der Waals surface area contributed by atoms with Crippen LogP contribution in [0.1, 0.15) is 36.8 Å². The van der Waals surface area contributed by atoms with E-state index in [-0.39, 0.29) is 17.5 Å². The smallest absolute Gasteiger partial charge is 0.319 e. The van der Waals surface area contributed by atoms with E-state index in [0.29, 0.717) is 17.3 Å². The molecular formula is C25H30N4O3. The second kappa shape index (κ2) is 9.09. The van der Waals surface area contributed by atoms with Gasteiger partial charge in [-0.2, -0.15) is 5.26 Å². The summed E-state index contributed by atoms with van der Waals surface area (Å²) >= 11 is 0. The molecule has 2 aromatic carbocycles. The van der Waals surface area contributed by atoms with Gasteiger partial charge in [-0.25, -0.2) is 4.79 Å². The number of likely N-dealkylation sites (N-methyl/N-ethyl adjacent to an activating group) is 1. The quantitative estimate of drug-likeness (QED) is 0.746. The molecule has 1 aliphatic carbocycles. The minimum absolute atomic E-state index is 0.0457. The number of hydrogen-bond acceptors (Lipinski definition) is 5. The molecule has 0 unspecified atom stereocenters. The lowest BCUT2D eigenvalue weighted by Gasteiger charge is -2.45. The van der Waals surface area contributed by atoms with Crippen LogP contribution in [-0.4, -0.2) is 50.8 Å². The van der Waals surface area contributed by atoms with Crippen molar-refractivity contribution >= 4 is 11.7 Å². The summed E-state index contributed by atoms with van der Waals surface area (Å²) in [5.74, 6) is 1.50. The molecule has 2 aromatic rings. The molecule has 7 nitrogen and oxygen atoms in total. The number of carbonyl (C=O) groups excluding carboxylic acids is 1. The molecule has 168 valence electrons. The van der Waals surface area contributed by atoms with Crippen molar-refractivity contribution in [2.24, 2.45) is 0 Å². The zero-order valence-electron chi connectivity index (χ0n) is 18.9. The maximum absolute atomic E-state index is 12.6. The number of methoxy groups -OCH3 is 2. The monoisotopic (exact) mass is 434 g/mol. The largest absolute Gasteiger partial charge is 0.493 e. The van der Waals surface area contributed by atoms with E-state index >= 15 is 0 Å². The van der Waals surface area contributed by atoms with Crippen molar-refractivity contribution in [2.75, 3.05) is 33.1 Å². The molecule has 0 spiro atoms. The Bertz CT molecular complexity index is 1030. The van der Waals surface area contributed by atoms with Crippen LogP contribution >= 0.6 is 0 Å². The van der Waals surface area contributed by atoms with Crippen LogP contribution in [0.25, 0.3) is 0 Å². The van der Waals surface area contributed by atoms with Gasteiger partial charge >= 0.3 is 6.03 Å². The zero-order valence-corrected chi connectivity index (χ0v) is 18.9. The van der Waals surface area contributed by atoms with E-state index in [1.54, 1.807) is 38.5 Å². The summed E-state index contributed by atoms with van der Waals surface area (Å²) in [7, 11) is 5.49. The SMILES string of the molecule is COc1ccc([C@@]23CC[C@H](NC(=O)Nc4cccc(C#N)c4)C[C@H]2N(C)CC3)cc1OC. The summed E-state index contributed by atoms with van der Waals surface area (Å²) in [6.45, 7) is 1.03. The number of benzene rings is 2. The molecule has 3 atom stereocenters. The number of urea groups is 1. The molecular weight excluding hydrogens is 404 g/mol. The highest BCUT2D eigenvalue weighted by Gasteiger charge is 2.50. The second-order valence-electron chi connectivity index (χ2n) is 8.73. The summed E-state index contributed by atoms with van der Waals surface area (Å²) in [6.07, 6.45) is 3.87. The summed E-state index contributed by atoms with van der Waals surface area (Å²) in [5, 5.41) is 15.1. The Morgan fingerprint density at radius 1 is 1.16 bits per heavy atom. The van der Waals surface area contributed by atoms with Crippen molar-refractivity contribution < 1.29 is 14.3 Å². The Kier molecular flexibility index (Phi) is 6.24. The minimum atomic E-state index is -0.232. The van der Waals surface area contributed by atoms with Crippen molar-refractivity contribution in [1.29, 1.82) is 5.26 Å². The fourth-order valence-electron chi connectivity index (χ4n) is 5.41. The van der Waals surface area contributed by atoms with Gasteiger partial charge in [-0.15, -0.1) is 0 Å². The molecule has 1 saturated carbocycles. The van der Waals surface area contributed by atoms with Crippen molar-refractivity contribution in [3.63, 3.8) is 0 Å². The van der Waals surface area contributed by atoms with Crippen LogP contribution in [0, 0.1) is 11.3 Å². The Hall–Kier alpha value is -3.24. The Morgan fingerprint density at radius 3 is 2.72 bits per heavy atom. The number of nitrogens with one attached hydrogen (secondary N) is 2. The maximum atomic E-state index is 12.6. The molecule has 2 fully saturated rings. The molecule has 4 rings (SSSR count). The Labute approximate surface area is 189 Å². The number of hydrogen-bond donors (Lipinski definition) is 2. The van der Waals surface area contributed by atoms with E-state index in [1.165, 1.54) is 5.56 Å². The predicted octanol–water partition coefficient (Wildman–Crippen LogP) is 3.89. The number of fused-ring (bicyclic) bond motifs is 1. The van der Waals surface area contributed by atoms with Gasteiger partial charge in [0.25, 0.3) is 0 Å². The first-order valence-electron chi connectivity index (χ1n) is 11.0. The topological polar surface area (TPSA) is 86.6 Å². The highest BCUT2D eigenvalue weighted by atomic mass is 16.5. The summed E-state index contributed by atoms with van der Waals surface area (Å²) in [5.41, 5.74) is 2.47. The van der Waals surface area contributed by atoms with Gasteiger partial charge in [0.2, 0.25) is 0 Å². The van der Waals surface area contributed by atoms with Crippen LogP contribution < -0.4 is 20.1 Å². The van der Waals surface area contributed by atoms with Crippen LogP contribution in [0.2, 0.25) is 0 Å². The van der Waals surface area contributed by atoms with Gasteiger partial charge in [-0.1, -0.05) is 12.1 Å². The van der Waals surface area contributed by atoms with Crippen LogP contribution in [0.3, 0.4) is 0 Å². The van der Waals surface area contributed by atoms with Crippen LogP contribution in [0.15, 0.2) is 42.5 Å². The van der Waals surface area contributed by atoms with Crippen LogP contribution in [0.5, 0.6) is 11.5 Å². The molecule has 7 heteroatoms. The molecule has 2 N–H and O–H groups in total. The standard InChI is InChI=1S/C25H30N4O3/c1-29-12-11-25(18-7-8-21(31-2)22(14-18)32-3)10-9-20(15-23(25)29)28-24(30)27-19-6-4-5-17(13-19)16-26/h4-8,13-14,20,23H,9-12,15H2,1-3H3,(H2,27,28,30)/t20-,23+,25-/m0/s1. The molecule has 32 heavy (non-hydrogen) atoms. The van der Waals surface area contributed by atoms with E-state index in [0.717, 1.165) is 43.7 Å². The van der Waals surface area contributed by atoms with Crippen molar-refractivity contribution in [3.8, 4) is 17.6 Å². The average Bonchev–Trinajstić information content (AvgIpc) is 3.15. The number of nitriles is 1. The molecule has 1 heterocycles. The lowest BCUT2D eigenvalue weighted by Crippen LogP contribution is -2.52. The summed E-state index contributed by atoms with van der Waals surface area (Å²) in [6, 6.07) is 15.5. The van der Waals surface area contributed by atoms with Crippen LogP contribution in [0.4, 0.5) is 10.5 Å². The average molecular weight is 435 g/mol. The van der Waals surface area contributed by atoms with Crippen LogP contribution in [-0.2, 0) is 5.41 Å². The second-order valence-corrected chi connectivity index (χ2v) is 8.73. The Balaban J connectivity index is 1.47. The fraction of sp³-hybridized carbons (Fsp3) is 0.440. The third-order valence-electron chi connectivity index (χ3n) is 7.07. The first kappa shape index (κ1) is 22.0. The van der Waals surface area contributed by atoms with E-state index in [9.17, 15) is 4.79 Å². The maximum Gasteiger partial charge on any atom is 0.319 e. The van der Waals surface area contributed by atoms with Gasteiger partial charge in [0, 0.05) is 23.2 Å². The first-order valence-corrected chi connectivity index (χ1v) is 11.0. The molecule has 1 saturated heterocycles. The van der Waals surface area contributed by atoms with E-state index < -0.39 is 0 Å². The highest BCUT2D eigenvalue weighted by molar-refractivity contribution is 5.89. The third-order valence-corrected chi connectivity index (χ3v) is 7.07. The fourth-order valence-corrected chi connectivity index (χ4v) is 5.41. The molecule has 1 aliphatic heterocycles. The zero-order chi connectivity index (χ0) is 22.7. The lowest BCUT2D eigenvalue weighted by molar-refractivity contribution is 0.156. The van der Waals surface area contributed by atoms with Gasteiger partial charge < -0.3 is 25.0 Å². The number of rotatable bonds is 5. The number of nitrogens with zero attached hydrogens (tertiary/aromatic N) is 2. The number of likely N-dealkylation sites (tertiary alicyclic amines) is 1. The van der Waals surface area contributed by atoms with Gasteiger partial charge in [-0.3, -0.25) is 0 Å². The van der Waals surface area contributed by atoms with Gasteiger partial charge in [-0.05, 0) is 75.2 Å². The predicted molar refractivity (Wildman–Crippen MR) is 123 cm³/mol. The normalized spacial score (nSPS) is 24.8. The van der Waals surface area contributed by atoms with Crippen molar-refractivity contribution in [1.82, 2.24) is 10.2 Å². The van der Waals surface area contributed by atoms with Gasteiger partial charge in [0.05, 0.1) is 25.9 Å². The molecule has 0 radical (unpaired) electrons. The summed E-state index contributed by atoms with van der Waals surface area (Å²) in [4.78, 5) is 15.0. The number of carbonyl (C=O) groups is 1. The van der Waals surface area contributed by atoms with E-state index in [1.807, 2.05) is 6.07 Å². The lowest BCUT2D eigenvalue weighted by atomic mass is 9.65. The third kappa shape index (κ3) is 4.11. The summed E-state index contributed by atoms with van der Waals surface area (Å²) < 4.78 is 11.0. The molecule has 0 bridgehead atoms. The molecule has 0 aromatic heterocycles. The highest BCUT2D eigenvalue weighted by Crippen LogP contribution is 2.49. The van der Waals surface area contributed by atoms with E-state index in [2.05, 4.69) is 40.8 Å². The van der Waals surface area contributed by atoms with Crippen molar-refractivity contribution in [3.05, 3.63) is 53.6 Å². The minimum Gasteiger partial charge on any atom is -0.493 e. The van der Waals surface area contributed by atoms with Crippen molar-refractivity contribution in [2.45, 2.75) is 43.2 Å². The Morgan fingerprint density at radius 2 is 1.97 bits per heavy atom.